The molecule has 1 aliphatic rings. The van der Waals surface area contributed by atoms with Gasteiger partial charge in [0.25, 0.3) is 5.91 Å². The number of rotatable bonds is 4. The number of aliphatic hydroxyl groups is 1. The lowest BCUT2D eigenvalue weighted by Crippen LogP contribution is -2.51. The van der Waals surface area contributed by atoms with E-state index in [9.17, 15) is 9.90 Å². The first-order chi connectivity index (χ1) is 9.89. The molecule has 0 spiro atoms. The lowest BCUT2D eigenvalue weighted by molar-refractivity contribution is 0.0178. The number of amides is 1. The predicted molar refractivity (Wildman–Crippen MR) is 82.9 cm³/mol. The average Bonchev–Trinajstić information content (AvgIpc) is 2.46. The largest absolute Gasteiger partial charge is 0.389 e. The van der Waals surface area contributed by atoms with E-state index < -0.39 is 5.60 Å². The number of carbonyl (C=O) groups is 1. The first-order valence-corrected chi connectivity index (χ1v) is 7.20. The Morgan fingerprint density at radius 1 is 1.24 bits per heavy atom. The lowest BCUT2D eigenvalue weighted by atomic mass is 10.1. The van der Waals surface area contributed by atoms with Crippen molar-refractivity contribution in [2.45, 2.75) is 19.4 Å². The highest BCUT2D eigenvalue weighted by molar-refractivity contribution is 5.94. The monoisotopic (exact) mass is 292 g/mol. The van der Waals surface area contributed by atoms with Crippen LogP contribution in [0, 0.1) is 0 Å². The van der Waals surface area contributed by atoms with Crippen LogP contribution >= 0.6 is 0 Å². The molecule has 6 heteroatoms. The molecule has 1 aromatic carbocycles. The third-order valence-corrected chi connectivity index (χ3v) is 3.57. The predicted octanol–water partition coefficient (Wildman–Crippen LogP) is 0.501. The Morgan fingerprint density at radius 3 is 2.29 bits per heavy atom. The van der Waals surface area contributed by atoms with Crippen LogP contribution in [0.15, 0.2) is 24.3 Å². The normalized spacial score (nSPS) is 16.9. The summed E-state index contributed by atoms with van der Waals surface area (Å²) in [7, 11) is 0. The summed E-state index contributed by atoms with van der Waals surface area (Å²) in [5.74, 6) is 5.36. The maximum Gasteiger partial charge on any atom is 0.253 e. The summed E-state index contributed by atoms with van der Waals surface area (Å²) in [5.41, 5.74) is 3.30. The number of β-amino-alcohol motifs (C(OH)–C–C–N with tert-alkyl or cyclic N) is 1. The van der Waals surface area contributed by atoms with Gasteiger partial charge >= 0.3 is 0 Å². The van der Waals surface area contributed by atoms with Crippen molar-refractivity contribution in [3.05, 3.63) is 29.8 Å². The van der Waals surface area contributed by atoms with Crippen LogP contribution < -0.4 is 11.3 Å². The molecule has 116 valence electrons. The molecule has 1 heterocycles. The van der Waals surface area contributed by atoms with Crippen molar-refractivity contribution >= 4 is 11.6 Å². The second kappa shape index (κ2) is 6.43. The number of benzene rings is 1. The fraction of sp³-hybridized carbons (Fsp3) is 0.533. The van der Waals surface area contributed by atoms with Crippen molar-refractivity contribution in [3.63, 3.8) is 0 Å². The maximum absolute atomic E-state index is 12.4. The van der Waals surface area contributed by atoms with Crippen LogP contribution in [0.25, 0.3) is 0 Å². The van der Waals surface area contributed by atoms with Crippen LogP contribution in [-0.2, 0) is 0 Å². The average molecular weight is 292 g/mol. The Balaban J connectivity index is 1.90. The maximum atomic E-state index is 12.4. The fourth-order valence-corrected chi connectivity index (χ4v) is 2.55. The van der Waals surface area contributed by atoms with Gasteiger partial charge in [0.15, 0.2) is 0 Å². The topological polar surface area (TPSA) is 81.8 Å². The van der Waals surface area contributed by atoms with Crippen molar-refractivity contribution in [3.8, 4) is 0 Å². The zero-order valence-corrected chi connectivity index (χ0v) is 12.7. The van der Waals surface area contributed by atoms with E-state index in [0.717, 1.165) is 18.8 Å². The summed E-state index contributed by atoms with van der Waals surface area (Å²) >= 11 is 0. The highest BCUT2D eigenvalue weighted by Gasteiger charge is 2.25. The first-order valence-electron chi connectivity index (χ1n) is 7.20. The number of nitrogens with two attached hydrogens (primary N) is 1. The van der Waals surface area contributed by atoms with Gasteiger partial charge in [-0.2, -0.15) is 0 Å². The second-order valence-corrected chi connectivity index (χ2v) is 6.10. The smallest absolute Gasteiger partial charge is 0.253 e. The van der Waals surface area contributed by atoms with Gasteiger partial charge in [0, 0.05) is 44.0 Å². The SMILES string of the molecule is CC(C)(O)CN1CCN(C(=O)c2ccc(NN)cc2)CC1. The fourth-order valence-electron chi connectivity index (χ4n) is 2.55. The highest BCUT2D eigenvalue weighted by atomic mass is 16.3. The van der Waals surface area contributed by atoms with Gasteiger partial charge in [-0.3, -0.25) is 15.5 Å². The molecule has 6 nitrogen and oxygen atoms in total. The van der Waals surface area contributed by atoms with Crippen LogP contribution in [0.3, 0.4) is 0 Å². The number of hydrogen-bond donors (Lipinski definition) is 3. The van der Waals surface area contributed by atoms with Crippen LogP contribution in [0.2, 0.25) is 0 Å². The lowest BCUT2D eigenvalue weighted by Gasteiger charge is -2.37. The third kappa shape index (κ3) is 4.42. The minimum Gasteiger partial charge on any atom is -0.389 e. The Hall–Kier alpha value is -1.63. The quantitative estimate of drug-likeness (QED) is 0.556. The van der Waals surface area contributed by atoms with E-state index in [1.54, 1.807) is 38.1 Å². The van der Waals surface area contributed by atoms with Crippen molar-refractivity contribution in [1.29, 1.82) is 0 Å². The molecule has 1 fully saturated rings. The number of hydrazine groups is 1. The number of nitrogen functional groups attached to an aromatic ring is 1. The molecular formula is C15H24N4O2. The van der Waals surface area contributed by atoms with Gasteiger partial charge in [0.2, 0.25) is 0 Å². The molecule has 0 radical (unpaired) electrons. The number of piperazine rings is 1. The zero-order valence-electron chi connectivity index (χ0n) is 12.7. The second-order valence-electron chi connectivity index (χ2n) is 6.10. The van der Waals surface area contributed by atoms with Gasteiger partial charge in [-0.1, -0.05) is 0 Å². The van der Waals surface area contributed by atoms with Crippen LogP contribution in [0.5, 0.6) is 0 Å². The molecular weight excluding hydrogens is 268 g/mol. The van der Waals surface area contributed by atoms with Crippen LogP contribution in [0.4, 0.5) is 5.69 Å². The summed E-state index contributed by atoms with van der Waals surface area (Å²) in [6.07, 6.45) is 0. The highest BCUT2D eigenvalue weighted by Crippen LogP contribution is 2.13. The van der Waals surface area contributed by atoms with Crippen LogP contribution in [-0.4, -0.2) is 59.1 Å². The third-order valence-electron chi connectivity index (χ3n) is 3.57. The van der Waals surface area contributed by atoms with Crippen molar-refractivity contribution in [1.82, 2.24) is 9.80 Å². The molecule has 0 unspecified atom stereocenters. The van der Waals surface area contributed by atoms with E-state index in [-0.39, 0.29) is 5.91 Å². The Labute approximate surface area is 125 Å². The van der Waals surface area contributed by atoms with Crippen LogP contribution in [0.1, 0.15) is 24.2 Å². The van der Waals surface area contributed by atoms with Gasteiger partial charge in [-0.15, -0.1) is 0 Å². The van der Waals surface area contributed by atoms with E-state index >= 15 is 0 Å². The van der Waals surface area contributed by atoms with Gasteiger partial charge in [-0.25, -0.2) is 0 Å². The van der Waals surface area contributed by atoms with Crippen molar-refractivity contribution in [2.75, 3.05) is 38.1 Å². The van der Waals surface area contributed by atoms with Crippen molar-refractivity contribution in [2.24, 2.45) is 5.84 Å². The summed E-state index contributed by atoms with van der Waals surface area (Å²) in [4.78, 5) is 16.4. The number of anilines is 1. The van der Waals surface area contributed by atoms with E-state index in [2.05, 4.69) is 10.3 Å². The van der Waals surface area contributed by atoms with Gasteiger partial charge in [-0.05, 0) is 38.1 Å². The minimum atomic E-state index is -0.697. The molecule has 0 aliphatic carbocycles. The van der Waals surface area contributed by atoms with Crippen molar-refractivity contribution < 1.29 is 9.90 Å². The Morgan fingerprint density at radius 2 is 1.81 bits per heavy atom. The van der Waals surface area contributed by atoms with Gasteiger partial charge in [0.05, 0.1) is 5.60 Å². The molecule has 1 aromatic rings. The van der Waals surface area contributed by atoms with E-state index in [0.29, 0.717) is 25.2 Å². The molecule has 0 aromatic heterocycles. The van der Waals surface area contributed by atoms with Gasteiger partial charge < -0.3 is 15.4 Å². The number of carbonyl (C=O) groups excluding carboxylic acids is 1. The summed E-state index contributed by atoms with van der Waals surface area (Å²) in [6, 6.07) is 7.14. The number of hydrogen-bond acceptors (Lipinski definition) is 5. The molecule has 21 heavy (non-hydrogen) atoms. The molecule has 4 N–H and O–H groups in total. The zero-order chi connectivity index (χ0) is 15.5. The molecule has 0 atom stereocenters. The number of nitrogens with one attached hydrogen (secondary N) is 1. The first kappa shape index (κ1) is 15.8. The molecule has 0 bridgehead atoms. The molecule has 1 saturated heterocycles. The van der Waals surface area contributed by atoms with E-state index in [1.165, 1.54) is 0 Å². The summed E-state index contributed by atoms with van der Waals surface area (Å²) in [6.45, 7) is 7.19. The summed E-state index contributed by atoms with van der Waals surface area (Å²) in [5, 5.41) is 9.83. The molecule has 0 saturated carbocycles. The number of nitrogens with zero attached hydrogens (tertiary/aromatic N) is 2. The van der Waals surface area contributed by atoms with E-state index in [1.807, 2.05) is 4.90 Å². The van der Waals surface area contributed by atoms with E-state index in [4.69, 9.17) is 5.84 Å². The molecule has 1 aliphatic heterocycles. The Bertz CT molecular complexity index is 473. The minimum absolute atomic E-state index is 0.0430. The standard InChI is InChI=1S/C15H24N4O2/c1-15(2,21)11-18-7-9-19(10-8-18)14(20)12-3-5-13(17-16)6-4-12/h3-6,17,21H,7-11,16H2,1-2H3. The van der Waals surface area contributed by atoms with Gasteiger partial charge in [0.1, 0.15) is 0 Å². The molecule has 2 rings (SSSR count). The summed E-state index contributed by atoms with van der Waals surface area (Å²) < 4.78 is 0. The Kier molecular flexibility index (Phi) is 4.82. The molecule has 1 amide bonds.